The molecule has 174 valence electrons. The summed E-state index contributed by atoms with van der Waals surface area (Å²) >= 11 is 7.78. The van der Waals surface area contributed by atoms with Crippen LogP contribution in [0.4, 0.5) is 0 Å². The number of nitrogens with zero attached hydrogens (tertiary/aromatic N) is 2. The van der Waals surface area contributed by atoms with Gasteiger partial charge in [0.05, 0.1) is 22.4 Å². The number of ether oxygens (including phenoxy) is 2. The van der Waals surface area contributed by atoms with Gasteiger partial charge in [-0.2, -0.15) is 0 Å². The van der Waals surface area contributed by atoms with Gasteiger partial charge in [-0.3, -0.25) is 9.36 Å². The fourth-order valence-corrected chi connectivity index (χ4v) is 5.04. The van der Waals surface area contributed by atoms with E-state index in [2.05, 4.69) is 11.6 Å². The molecule has 2 aromatic carbocycles. The maximum absolute atomic E-state index is 13.6. The van der Waals surface area contributed by atoms with E-state index in [9.17, 15) is 9.59 Å². The zero-order valence-electron chi connectivity index (χ0n) is 18.8. The molecular weight excluding hydrogens is 472 g/mol. The second-order valence-electron chi connectivity index (χ2n) is 7.49. The smallest absolute Gasteiger partial charge is 0.338 e. The molecule has 1 aromatic heterocycles. The van der Waals surface area contributed by atoms with Crippen molar-refractivity contribution in [3.05, 3.63) is 108 Å². The van der Waals surface area contributed by atoms with Gasteiger partial charge in [0.25, 0.3) is 5.56 Å². The molecule has 8 heteroatoms. The van der Waals surface area contributed by atoms with Crippen LogP contribution in [-0.2, 0) is 9.53 Å². The lowest BCUT2D eigenvalue weighted by molar-refractivity contribution is -0.139. The average Bonchev–Trinajstić information content (AvgIpc) is 3.12. The highest BCUT2D eigenvalue weighted by atomic mass is 35.5. The number of carbonyl (C=O) groups is 1. The molecule has 2 heterocycles. The van der Waals surface area contributed by atoms with E-state index in [0.29, 0.717) is 43.5 Å². The van der Waals surface area contributed by atoms with Crippen molar-refractivity contribution in [2.75, 3.05) is 13.2 Å². The van der Waals surface area contributed by atoms with Crippen LogP contribution in [0.3, 0.4) is 0 Å². The van der Waals surface area contributed by atoms with Gasteiger partial charge < -0.3 is 9.47 Å². The third kappa shape index (κ3) is 4.62. The molecule has 0 aliphatic carbocycles. The molecule has 34 heavy (non-hydrogen) atoms. The fourth-order valence-electron chi connectivity index (χ4n) is 3.75. The van der Waals surface area contributed by atoms with E-state index in [-0.39, 0.29) is 12.2 Å². The average molecular weight is 495 g/mol. The van der Waals surface area contributed by atoms with Crippen LogP contribution in [0.1, 0.15) is 31.0 Å². The molecule has 1 atom stereocenters. The van der Waals surface area contributed by atoms with Crippen LogP contribution in [0.2, 0.25) is 5.02 Å². The van der Waals surface area contributed by atoms with Gasteiger partial charge in [0, 0.05) is 5.02 Å². The number of fused-ring (bicyclic) bond motifs is 1. The van der Waals surface area contributed by atoms with E-state index < -0.39 is 12.0 Å². The molecule has 0 spiro atoms. The summed E-state index contributed by atoms with van der Waals surface area (Å²) in [6, 6.07) is 13.9. The van der Waals surface area contributed by atoms with Crippen molar-refractivity contribution in [3.8, 4) is 5.75 Å². The lowest BCUT2D eigenvalue weighted by Crippen LogP contribution is -2.40. The van der Waals surface area contributed by atoms with Crippen LogP contribution in [-0.4, -0.2) is 23.8 Å². The van der Waals surface area contributed by atoms with Crippen molar-refractivity contribution in [1.82, 2.24) is 4.57 Å². The maximum atomic E-state index is 13.6. The summed E-state index contributed by atoms with van der Waals surface area (Å²) in [6.45, 7) is 7.75. The van der Waals surface area contributed by atoms with Gasteiger partial charge in [0.2, 0.25) is 0 Å². The first-order valence-electron chi connectivity index (χ1n) is 10.7. The number of aromatic nitrogens is 1. The third-order valence-electron chi connectivity index (χ3n) is 5.26. The highest BCUT2D eigenvalue weighted by Gasteiger charge is 2.34. The fraction of sp³-hybridized carbons (Fsp3) is 0.192. The van der Waals surface area contributed by atoms with Crippen molar-refractivity contribution in [1.29, 1.82) is 0 Å². The van der Waals surface area contributed by atoms with Crippen LogP contribution < -0.4 is 19.6 Å². The van der Waals surface area contributed by atoms with E-state index in [1.165, 1.54) is 15.9 Å². The van der Waals surface area contributed by atoms with Gasteiger partial charge in [-0.1, -0.05) is 65.9 Å². The normalized spacial score (nSPS) is 15.5. The summed E-state index contributed by atoms with van der Waals surface area (Å²) in [5.74, 6) is 0.199. The molecule has 1 aliphatic heterocycles. The zero-order chi connectivity index (χ0) is 24.2. The predicted octanol–water partition coefficient (Wildman–Crippen LogP) is 4.02. The Bertz CT molecular complexity index is 1450. The monoisotopic (exact) mass is 494 g/mol. The molecule has 0 bridgehead atoms. The number of hydrogen-bond donors (Lipinski definition) is 0. The van der Waals surface area contributed by atoms with Gasteiger partial charge in [0.15, 0.2) is 4.80 Å². The maximum Gasteiger partial charge on any atom is 0.338 e. The molecule has 0 N–H and O–H groups in total. The summed E-state index contributed by atoms with van der Waals surface area (Å²) in [7, 11) is 0. The quantitative estimate of drug-likeness (QED) is 0.367. The number of thiazole rings is 1. The highest BCUT2D eigenvalue weighted by molar-refractivity contribution is 7.07. The summed E-state index contributed by atoms with van der Waals surface area (Å²) in [4.78, 5) is 31.6. The number of esters is 1. The lowest BCUT2D eigenvalue weighted by Gasteiger charge is -2.25. The van der Waals surface area contributed by atoms with E-state index >= 15 is 0 Å². The minimum absolute atomic E-state index is 0.210. The molecule has 0 saturated carbocycles. The van der Waals surface area contributed by atoms with E-state index in [0.717, 1.165) is 5.56 Å². The Morgan fingerprint density at radius 3 is 2.65 bits per heavy atom. The Morgan fingerprint density at radius 2 is 1.97 bits per heavy atom. The van der Waals surface area contributed by atoms with Gasteiger partial charge in [-0.15, -0.1) is 0 Å². The topological polar surface area (TPSA) is 69.9 Å². The number of allylic oxidation sites excluding steroid dienone is 1. The molecule has 0 radical (unpaired) electrons. The van der Waals surface area contributed by atoms with Crippen LogP contribution in [0.25, 0.3) is 6.08 Å². The molecular formula is C26H23ClN2O4S. The number of carbonyl (C=O) groups excluding carboxylic acids is 1. The minimum atomic E-state index is -0.735. The number of rotatable bonds is 7. The van der Waals surface area contributed by atoms with Crippen molar-refractivity contribution in [3.63, 3.8) is 0 Å². The number of benzene rings is 2. The first-order valence-corrected chi connectivity index (χ1v) is 11.9. The molecule has 3 aromatic rings. The minimum Gasteiger partial charge on any atom is -0.490 e. The van der Waals surface area contributed by atoms with Crippen molar-refractivity contribution >= 4 is 35.0 Å². The Hall–Kier alpha value is -3.42. The van der Waals surface area contributed by atoms with E-state index in [1.54, 1.807) is 38.1 Å². The number of halogens is 1. The van der Waals surface area contributed by atoms with Gasteiger partial charge in [-0.25, -0.2) is 9.79 Å². The van der Waals surface area contributed by atoms with Gasteiger partial charge in [-0.05, 0) is 49.2 Å². The Kier molecular flexibility index (Phi) is 7.14. The van der Waals surface area contributed by atoms with Gasteiger partial charge in [0.1, 0.15) is 18.4 Å². The number of hydrogen-bond acceptors (Lipinski definition) is 6. The van der Waals surface area contributed by atoms with E-state index in [1.807, 2.05) is 36.4 Å². The second-order valence-corrected chi connectivity index (χ2v) is 8.91. The lowest BCUT2D eigenvalue weighted by atomic mass is 9.96. The van der Waals surface area contributed by atoms with Crippen molar-refractivity contribution in [2.45, 2.75) is 19.9 Å². The Morgan fingerprint density at radius 1 is 1.24 bits per heavy atom. The molecule has 0 fully saturated rings. The standard InChI is InChI=1S/C26H23ClN2O4S/c1-4-14-33-18-12-10-17(11-13-18)15-21-24(30)29-23(19-8-6-7-9-20(19)27)22(25(31)32-5-2)16(3)28-26(29)34-21/h4,6-13,15,23H,1,5,14H2,2-3H3/b21-15+. The summed E-state index contributed by atoms with van der Waals surface area (Å²) in [6.07, 6.45) is 3.48. The molecule has 4 rings (SSSR count). The molecule has 1 aliphatic rings. The van der Waals surface area contributed by atoms with Crippen molar-refractivity contribution in [2.24, 2.45) is 4.99 Å². The van der Waals surface area contributed by atoms with Crippen LogP contribution in [0, 0.1) is 0 Å². The SMILES string of the molecule is C=CCOc1ccc(/C=c2/sc3n(c2=O)C(c2ccccc2Cl)C(C(=O)OCC)=C(C)N=3)cc1. The molecule has 0 saturated heterocycles. The largest absolute Gasteiger partial charge is 0.490 e. The van der Waals surface area contributed by atoms with Crippen molar-refractivity contribution < 1.29 is 14.3 Å². The van der Waals surface area contributed by atoms with E-state index in [4.69, 9.17) is 21.1 Å². The van der Waals surface area contributed by atoms with Crippen LogP contribution in [0.15, 0.2) is 82.2 Å². The second kappa shape index (κ2) is 10.2. The summed E-state index contributed by atoms with van der Waals surface area (Å²) < 4.78 is 12.8. The summed E-state index contributed by atoms with van der Waals surface area (Å²) in [5, 5.41) is 0.452. The van der Waals surface area contributed by atoms with Crippen LogP contribution >= 0.6 is 22.9 Å². The Labute approximate surface area is 205 Å². The van der Waals surface area contributed by atoms with Gasteiger partial charge >= 0.3 is 5.97 Å². The van der Waals surface area contributed by atoms with Crippen LogP contribution in [0.5, 0.6) is 5.75 Å². The molecule has 0 amide bonds. The third-order valence-corrected chi connectivity index (χ3v) is 6.59. The first-order chi connectivity index (χ1) is 16.4. The molecule has 6 nitrogen and oxygen atoms in total. The zero-order valence-corrected chi connectivity index (χ0v) is 20.4. The highest BCUT2D eigenvalue weighted by Crippen LogP contribution is 2.34. The first kappa shape index (κ1) is 23.7. The summed E-state index contributed by atoms with van der Waals surface area (Å²) in [5.41, 5.74) is 2.03. The molecule has 1 unspecified atom stereocenters. The predicted molar refractivity (Wildman–Crippen MR) is 134 cm³/mol. The Balaban J connectivity index is 1.86.